The number of hydrogen-bond acceptors (Lipinski definition) is 3. The van der Waals surface area contributed by atoms with Crippen LogP contribution in [0, 0.1) is 0 Å². The van der Waals surface area contributed by atoms with Gasteiger partial charge in [0.2, 0.25) is 0 Å². The lowest BCUT2D eigenvalue weighted by atomic mass is 10.1. The first kappa shape index (κ1) is 15.0. The van der Waals surface area contributed by atoms with Gasteiger partial charge in [-0.1, -0.05) is 31.9 Å². The van der Waals surface area contributed by atoms with E-state index in [9.17, 15) is 4.79 Å². The zero-order valence-electron chi connectivity index (χ0n) is 11.1. The fourth-order valence-electron chi connectivity index (χ4n) is 1.67. The summed E-state index contributed by atoms with van der Waals surface area (Å²) in [6.45, 7) is 5.74. The molecule has 1 aromatic heterocycles. The fraction of sp³-hybridized carbons (Fsp3) is 0.533. The van der Waals surface area contributed by atoms with E-state index in [1.807, 2.05) is 11.3 Å². The van der Waals surface area contributed by atoms with Gasteiger partial charge in [0.05, 0.1) is 6.61 Å². The number of carbonyl (C=O) groups is 1. The number of unbranched alkanes of at least 4 members (excludes halogenated alkanes) is 4. The van der Waals surface area contributed by atoms with Crippen LogP contribution < -0.4 is 0 Å². The summed E-state index contributed by atoms with van der Waals surface area (Å²) in [6.07, 6.45) is 7.02. The van der Waals surface area contributed by atoms with Crippen LogP contribution in [0.4, 0.5) is 0 Å². The lowest BCUT2D eigenvalue weighted by Crippen LogP contribution is -2.05. The zero-order valence-corrected chi connectivity index (χ0v) is 11.9. The Hall–Kier alpha value is -1.09. The molecule has 0 amide bonds. The van der Waals surface area contributed by atoms with Crippen LogP contribution in [0.5, 0.6) is 0 Å². The normalized spacial score (nSPS) is 10.3. The Balaban J connectivity index is 1.87. The van der Waals surface area contributed by atoms with E-state index in [0.717, 1.165) is 12.8 Å². The van der Waals surface area contributed by atoms with E-state index in [-0.39, 0.29) is 5.97 Å². The molecule has 0 bridgehead atoms. The molecule has 0 saturated heterocycles. The minimum absolute atomic E-state index is 0.271. The van der Waals surface area contributed by atoms with Gasteiger partial charge in [-0.3, -0.25) is 0 Å². The molecule has 0 spiro atoms. The first-order chi connectivity index (χ1) is 8.70. The highest BCUT2D eigenvalue weighted by molar-refractivity contribution is 7.09. The maximum atomic E-state index is 11.1. The van der Waals surface area contributed by atoms with Crippen LogP contribution in [0.25, 0.3) is 0 Å². The highest BCUT2D eigenvalue weighted by atomic mass is 32.1. The highest BCUT2D eigenvalue weighted by Gasteiger charge is 2.01. The van der Waals surface area contributed by atoms with Crippen molar-refractivity contribution in [1.82, 2.24) is 0 Å². The summed E-state index contributed by atoms with van der Waals surface area (Å²) in [5.74, 6) is -0.271. The average molecular weight is 266 g/mol. The van der Waals surface area contributed by atoms with Gasteiger partial charge in [-0.25, -0.2) is 4.79 Å². The van der Waals surface area contributed by atoms with Gasteiger partial charge in [0.1, 0.15) is 0 Å². The Morgan fingerprint density at radius 2 is 2.00 bits per heavy atom. The molecule has 100 valence electrons. The van der Waals surface area contributed by atoms with Gasteiger partial charge in [0.15, 0.2) is 0 Å². The van der Waals surface area contributed by atoms with Crippen molar-refractivity contribution < 1.29 is 9.53 Å². The van der Waals surface area contributed by atoms with E-state index in [4.69, 9.17) is 4.74 Å². The number of hydrogen-bond donors (Lipinski definition) is 0. The van der Waals surface area contributed by atoms with E-state index in [2.05, 4.69) is 24.1 Å². The van der Waals surface area contributed by atoms with Gasteiger partial charge in [-0.05, 0) is 37.6 Å². The molecule has 0 aromatic carbocycles. The molecule has 0 radical (unpaired) electrons. The van der Waals surface area contributed by atoms with Crippen molar-refractivity contribution >= 4 is 17.3 Å². The smallest absolute Gasteiger partial charge is 0.333 e. The van der Waals surface area contributed by atoms with Crippen molar-refractivity contribution in [1.29, 1.82) is 0 Å². The SMILES string of the molecule is C=C(C)C(=O)OCCCCCCCc1cccs1. The molecule has 2 nitrogen and oxygen atoms in total. The second-order valence-electron chi connectivity index (χ2n) is 4.51. The van der Waals surface area contributed by atoms with Gasteiger partial charge < -0.3 is 4.74 Å². The molecule has 0 aliphatic heterocycles. The molecule has 1 aromatic rings. The molecule has 0 unspecified atom stereocenters. The number of thiophene rings is 1. The second-order valence-corrected chi connectivity index (χ2v) is 5.55. The number of rotatable bonds is 9. The van der Waals surface area contributed by atoms with Crippen molar-refractivity contribution in [2.45, 2.75) is 45.4 Å². The molecule has 0 atom stereocenters. The van der Waals surface area contributed by atoms with Crippen molar-refractivity contribution in [3.63, 3.8) is 0 Å². The van der Waals surface area contributed by atoms with Gasteiger partial charge >= 0.3 is 5.97 Å². The standard InChI is InChI=1S/C15H22O2S/c1-13(2)15(16)17-11-7-5-3-4-6-9-14-10-8-12-18-14/h8,10,12H,1,3-7,9,11H2,2H3. The summed E-state index contributed by atoms with van der Waals surface area (Å²) in [4.78, 5) is 12.6. The minimum Gasteiger partial charge on any atom is -0.462 e. The molecule has 1 rings (SSSR count). The molecule has 0 saturated carbocycles. The maximum Gasteiger partial charge on any atom is 0.333 e. The summed E-state index contributed by atoms with van der Waals surface area (Å²) in [6, 6.07) is 4.30. The van der Waals surface area contributed by atoms with Crippen LogP contribution in [0.1, 0.15) is 43.9 Å². The third kappa shape index (κ3) is 6.60. The predicted octanol–water partition coefficient (Wildman–Crippen LogP) is 4.36. The van der Waals surface area contributed by atoms with Crippen molar-refractivity contribution in [3.05, 3.63) is 34.5 Å². The zero-order chi connectivity index (χ0) is 13.2. The van der Waals surface area contributed by atoms with Gasteiger partial charge in [-0.15, -0.1) is 11.3 Å². The maximum absolute atomic E-state index is 11.1. The first-order valence-corrected chi connectivity index (χ1v) is 7.43. The monoisotopic (exact) mass is 266 g/mol. The summed E-state index contributed by atoms with van der Waals surface area (Å²) in [7, 11) is 0. The number of esters is 1. The van der Waals surface area contributed by atoms with Crippen LogP contribution >= 0.6 is 11.3 Å². The molecule has 3 heteroatoms. The van der Waals surface area contributed by atoms with E-state index in [0.29, 0.717) is 12.2 Å². The summed E-state index contributed by atoms with van der Waals surface area (Å²) >= 11 is 1.83. The van der Waals surface area contributed by atoms with Crippen molar-refractivity contribution in [2.24, 2.45) is 0 Å². The van der Waals surface area contributed by atoms with Crippen LogP contribution in [0.3, 0.4) is 0 Å². The lowest BCUT2D eigenvalue weighted by molar-refractivity contribution is -0.139. The van der Waals surface area contributed by atoms with Crippen molar-refractivity contribution in [3.8, 4) is 0 Å². The lowest BCUT2D eigenvalue weighted by Gasteiger charge is -2.04. The third-order valence-corrected chi connectivity index (χ3v) is 3.67. The molecule has 18 heavy (non-hydrogen) atoms. The molecule has 0 N–H and O–H groups in total. The summed E-state index contributed by atoms with van der Waals surface area (Å²) in [5, 5.41) is 2.13. The molecule has 1 heterocycles. The van der Waals surface area contributed by atoms with Crippen LogP contribution in [-0.4, -0.2) is 12.6 Å². The quantitative estimate of drug-likeness (QED) is 0.377. The first-order valence-electron chi connectivity index (χ1n) is 6.55. The van der Waals surface area contributed by atoms with Gasteiger partial charge in [0.25, 0.3) is 0 Å². The molecule has 0 fully saturated rings. The average Bonchev–Trinajstić information content (AvgIpc) is 2.85. The van der Waals surface area contributed by atoms with Crippen LogP contribution in [-0.2, 0) is 16.0 Å². The Morgan fingerprint density at radius 1 is 1.28 bits per heavy atom. The number of aryl methyl sites for hydroxylation is 1. The van der Waals surface area contributed by atoms with E-state index < -0.39 is 0 Å². The Kier molecular flexibility index (Phi) is 7.42. The van der Waals surface area contributed by atoms with Gasteiger partial charge in [-0.2, -0.15) is 0 Å². The fourth-order valence-corrected chi connectivity index (χ4v) is 2.43. The minimum atomic E-state index is -0.271. The van der Waals surface area contributed by atoms with Crippen LogP contribution in [0.15, 0.2) is 29.7 Å². The predicted molar refractivity (Wildman–Crippen MR) is 76.9 cm³/mol. The highest BCUT2D eigenvalue weighted by Crippen LogP contribution is 2.13. The Bertz CT molecular complexity index is 355. The molecule has 0 aliphatic carbocycles. The summed E-state index contributed by atoms with van der Waals surface area (Å²) < 4.78 is 5.03. The van der Waals surface area contributed by atoms with Crippen molar-refractivity contribution in [2.75, 3.05) is 6.61 Å². The Labute approximate surface area is 114 Å². The topological polar surface area (TPSA) is 26.3 Å². The molecule has 0 aliphatic rings. The largest absolute Gasteiger partial charge is 0.462 e. The van der Waals surface area contributed by atoms with Crippen LogP contribution in [0.2, 0.25) is 0 Å². The van der Waals surface area contributed by atoms with E-state index in [1.165, 1.54) is 30.6 Å². The van der Waals surface area contributed by atoms with E-state index >= 15 is 0 Å². The van der Waals surface area contributed by atoms with E-state index in [1.54, 1.807) is 6.92 Å². The number of carbonyl (C=O) groups excluding carboxylic acids is 1. The molecular formula is C15H22O2S. The number of ether oxygens (including phenoxy) is 1. The molecular weight excluding hydrogens is 244 g/mol. The van der Waals surface area contributed by atoms with Gasteiger partial charge in [0, 0.05) is 10.5 Å². The Morgan fingerprint density at radius 3 is 2.67 bits per heavy atom. The summed E-state index contributed by atoms with van der Waals surface area (Å²) in [5.41, 5.74) is 0.478. The second kappa shape index (κ2) is 8.92. The third-order valence-electron chi connectivity index (χ3n) is 2.73.